The smallest absolute Gasteiger partial charge is 0.406 e. The molecule has 2 unspecified atom stereocenters. The Kier molecular flexibility index (Phi) is 6.86. The molecule has 1 saturated carbocycles. The van der Waals surface area contributed by atoms with Gasteiger partial charge in [0.05, 0.1) is 0 Å². The molecule has 1 saturated heterocycles. The van der Waals surface area contributed by atoms with Crippen molar-refractivity contribution in [2.75, 3.05) is 26.2 Å². The van der Waals surface area contributed by atoms with E-state index in [1.54, 1.807) is 0 Å². The maximum absolute atomic E-state index is 12.3. The monoisotopic (exact) mass is 398 g/mol. The second-order valence-electron chi connectivity index (χ2n) is 7.95. The molecule has 0 radical (unpaired) electrons. The Morgan fingerprint density at radius 3 is 2.57 bits per heavy atom. The molecule has 1 heterocycles. The number of ether oxygens (including phenoxy) is 1. The summed E-state index contributed by atoms with van der Waals surface area (Å²) in [6, 6.07) is 5.19. The molecule has 0 bridgehead atoms. The summed E-state index contributed by atoms with van der Waals surface area (Å²) in [5.41, 5.74) is 0.182. The number of carbonyl (C=O) groups excluding carboxylic acids is 1. The second kappa shape index (κ2) is 9.16. The van der Waals surface area contributed by atoms with E-state index in [2.05, 4.69) is 21.9 Å². The Morgan fingerprint density at radius 2 is 1.89 bits per heavy atom. The van der Waals surface area contributed by atoms with Crippen molar-refractivity contribution in [2.24, 2.45) is 17.8 Å². The number of benzene rings is 1. The Morgan fingerprint density at radius 1 is 1.18 bits per heavy atom. The van der Waals surface area contributed by atoms with Crippen molar-refractivity contribution in [1.29, 1.82) is 0 Å². The predicted octanol–water partition coefficient (Wildman–Crippen LogP) is 4.46. The summed E-state index contributed by atoms with van der Waals surface area (Å²) in [7, 11) is 0. The van der Waals surface area contributed by atoms with Crippen molar-refractivity contribution in [1.82, 2.24) is 10.2 Å². The van der Waals surface area contributed by atoms with Gasteiger partial charge in [0.15, 0.2) is 0 Å². The molecule has 156 valence electrons. The van der Waals surface area contributed by atoms with Gasteiger partial charge in [-0.1, -0.05) is 38.7 Å². The SMILES string of the molecule is CCCCCCCN1CC2C(CNC(=O)c3cccc(OC(F)(F)F)c3)C2C1. The molecule has 2 aliphatic rings. The maximum atomic E-state index is 12.3. The van der Waals surface area contributed by atoms with Crippen LogP contribution in [-0.4, -0.2) is 43.3 Å². The van der Waals surface area contributed by atoms with E-state index in [4.69, 9.17) is 0 Å². The van der Waals surface area contributed by atoms with Crippen molar-refractivity contribution in [3.8, 4) is 5.75 Å². The van der Waals surface area contributed by atoms with E-state index in [1.807, 2.05) is 0 Å². The fraction of sp³-hybridized carbons (Fsp3) is 0.667. The molecular weight excluding hydrogens is 369 g/mol. The number of halogens is 3. The van der Waals surface area contributed by atoms with Crippen LogP contribution in [0.25, 0.3) is 0 Å². The van der Waals surface area contributed by atoms with Gasteiger partial charge in [0.25, 0.3) is 5.91 Å². The molecular formula is C21H29F3N2O2. The average Bonchev–Trinajstić information content (AvgIpc) is 3.08. The standard InChI is InChI=1S/C21H29F3N2O2/c1-2-3-4-5-6-10-26-13-18-17(19(18)14-26)12-25-20(27)15-8-7-9-16(11-15)28-21(22,23)24/h7-9,11,17-19H,2-6,10,12-14H2,1H3,(H,25,27). The van der Waals surface area contributed by atoms with Crippen LogP contribution in [-0.2, 0) is 0 Å². The number of amides is 1. The van der Waals surface area contributed by atoms with E-state index in [0.29, 0.717) is 24.3 Å². The average molecular weight is 398 g/mol. The third kappa shape index (κ3) is 5.87. The van der Waals surface area contributed by atoms with Gasteiger partial charge in [0, 0.05) is 25.2 Å². The Hall–Kier alpha value is -1.76. The molecule has 3 rings (SSSR count). The quantitative estimate of drug-likeness (QED) is 0.592. The Bertz CT molecular complexity index is 653. The third-order valence-electron chi connectivity index (χ3n) is 5.85. The number of fused-ring (bicyclic) bond motifs is 1. The van der Waals surface area contributed by atoms with E-state index in [1.165, 1.54) is 56.8 Å². The van der Waals surface area contributed by atoms with Crippen LogP contribution >= 0.6 is 0 Å². The van der Waals surface area contributed by atoms with Crippen molar-refractivity contribution in [3.05, 3.63) is 29.8 Å². The zero-order chi connectivity index (χ0) is 20.1. The van der Waals surface area contributed by atoms with E-state index >= 15 is 0 Å². The zero-order valence-corrected chi connectivity index (χ0v) is 16.3. The van der Waals surface area contributed by atoms with E-state index in [-0.39, 0.29) is 17.2 Å². The first kappa shape index (κ1) is 21.0. The molecule has 1 aliphatic heterocycles. The van der Waals surface area contributed by atoms with E-state index in [9.17, 15) is 18.0 Å². The van der Waals surface area contributed by atoms with Crippen molar-refractivity contribution in [3.63, 3.8) is 0 Å². The highest BCUT2D eigenvalue weighted by atomic mass is 19.4. The molecule has 1 N–H and O–H groups in total. The minimum Gasteiger partial charge on any atom is -0.406 e. The molecule has 0 aromatic heterocycles. The lowest BCUT2D eigenvalue weighted by atomic mass is 10.1. The minimum absolute atomic E-state index is 0.182. The summed E-state index contributed by atoms with van der Waals surface area (Å²) in [4.78, 5) is 14.8. The number of hydrogen-bond acceptors (Lipinski definition) is 3. The number of hydrogen-bond donors (Lipinski definition) is 1. The Labute approximate surface area is 164 Å². The first-order chi connectivity index (χ1) is 13.4. The van der Waals surface area contributed by atoms with Gasteiger partial charge >= 0.3 is 6.36 Å². The molecule has 1 aliphatic carbocycles. The van der Waals surface area contributed by atoms with Gasteiger partial charge in [-0.3, -0.25) is 4.79 Å². The lowest BCUT2D eigenvalue weighted by Crippen LogP contribution is -2.31. The summed E-state index contributed by atoms with van der Waals surface area (Å²) in [5, 5.41) is 2.87. The summed E-state index contributed by atoms with van der Waals surface area (Å²) in [6.45, 7) is 6.19. The van der Waals surface area contributed by atoms with Crippen molar-refractivity contribution in [2.45, 2.75) is 45.4 Å². The largest absolute Gasteiger partial charge is 0.573 e. The van der Waals surface area contributed by atoms with Crippen LogP contribution in [0.3, 0.4) is 0 Å². The van der Waals surface area contributed by atoms with Crippen molar-refractivity contribution < 1.29 is 22.7 Å². The summed E-state index contributed by atoms with van der Waals surface area (Å²) >= 11 is 0. The van der Waals surface area contributed by atoms with Crippen molar-refractivity contribution >= 4 is 5.91 Å². The molecule has 1 aromatic carbocycles. The number of rotatable bonds is 10. The number of piperidine rings is 1. The second-order valence-corrected chi connectivity index (χ2v) is 7.95. The molecule has 28 heavy (non-hydrogen) atoms. The summed E-state index contributed by atoms with van der Waals surface area (Å²) in [5.74, 6) is 1.06. The molecule has 4 nitrogen and oxygen atoms in total. The number of unbranched alkanes of at least 4 members (excludes halogenated alkanes) is 4. The predicted molar refractivity (Wildman–Crippen MR) is 101 cm³/mol. The molecule has 2 atom stereocenters. The van der Waals surface area contributed by atoms with Crippen LogP contribution in [0.4, 0.5) is 13.2 Å². The third-order valence-corrected chi connectivity index (χ3v) is 5.85. The lowest BCUT2D eigenvalue weighted by Gasteiger charge is -2.19. The number of nitrogens with zero attached hydrogens (tertiary/aromatic N) is 1. The van der Waals surface area contributed by atoms with Gasteiger partial charge in [-0.15, -0.1) is 13.2 Å². The van der Waals surface area contributed by atoms with Gasteiger partial charge < -0.3 is 15.0 Å². The molecule has 1 amide bonds. The van der Waals surface area contributed by atoms with Gasteiger partial charge in [-0.25, -0.2) is 0 Å². The fourth-order valence-electron chi connectivity index (χ4n) is 4.31. The highest BCUT2D eigenvalue weighted by Crippen LogP contribution is 2.51. The number of likely N-dealkylation sites (tertiary alicyclic amines) is 1. The van der Waals surface area contributed by atoms with Crippen LogP contribution < -0.4 is 10.1 Å². The number of alkyl halides is 3. The van der Waals surface area contributed by atoms with Gasteiger partial charge in [-0.05, 0) is 48.9 Å². The molecule has 2 fully saturated rings. The van der Waals surface area contributed by atoms with E-state index < -0.39 is 6.36 Å². The van der Waals surface area contributed by atoms with Crippen LogP contribution in [0.5, 0.6) is 5.75 Å². The van der Waals surface area contributed by atoms with Gasteiger partial charge in [-0.2, -0.15) is 0 Å². The molecule has 7 heteroatoms. The van der Waals surface area contributed by atoms with Gasteiger partial charge in [0.2, 0.25) is 0 Å². The van der Waals surface area contributed by atoms with Crippen LogP contribution in [0.15, 0.2) is 24.3 Å². The fourth-order valence-corrected chi connectivity index (χ4v) is 4.31. The topological polar surface area (TPSA) is 41.6 Å². The van der Waals surface area contributed by atoms with E-state index in [0.717, 1.165) is 19.2 Å². The molecule has 0 spiro atoms. The highest BCUT2D eigenvalue weighted by molar-refractivity contribution is 5.94. The first-order valence-corrected chi connectivity index (χ1v) is 10.2. The van der Waals surface area contributed by atoms with Crippen LogP contribution in [0.1, 0.15) is 49.4 Å². The summed E-state index contributed by atoms with van der Waals surface area (Å²) < 4.78 is 40.8. The normalized spacial score (nSPS) is 24.1. The molecule has 1 aromatic rings. The summed E-state index contributed by atoms with van der Waals surface area (Å²) in [6.07, 6.45) is 1.70. The number of carbonyl (C=O) groups is 1. The van der Waals surface area contributed by atoms with Crippen LogP contribution in [0, 0.1) is 17.8 Å². The number of nitrogens with one attached hydrogen (secondary N) is 1. The minimum atomic E-state index is -4.76. The zero-order valence-electron chi connectivity index (χ0n) is 16.3. The highest BCUT2D eigenvalue weighted by Gasteiger charge is 2.54. The maximum Gasteiger partial charge on any atom is 0.573 e. The van der Waals surface area contributed by atoms with Crippen LogP contribution in [0.2, 0.25) is 0 Å². The first-order valence-electron chi connectivity index (χ1n) is 10.2. The van der Waals surface area contributed by atoms with Gasteiger partial charge in [0.1, 0.15) is 5.75 Å². The Balaban J connectivity index is 1.36. The lowest BCUT2D eigenvalue weighted by molar-refractivity contribution is -0.274.